The van der Waals surface area contributed by atoms with Crippen molar-refractivity contribution in [3.63, 3.8) is 0 Å². The SMILES string of the molecule is O=C(CN1C(=O)c2ccc([N+](=O)[O-])cc2C1=O)NCCN1C(=O)S/C(=C\c2ccccc2F)C1=O. The van der Waals surface area contributed by atoms with Gasteiger partial charge in [0.1, 0.15) is 12.4 Å². The Labute approximate surface area is 200 Å². The average Bonchev–Trinajstić information content (AvgIpc) is 3.22. The van der Waals surface area contributed by atoms with Gasteiger partial charge in [0.05, 0.1) is 21.0 Å². The number of benzene rings is 2. The summed E-state index contributed by atoms with van der Waals surface area (Å²) in [5.74, 6) is -3.52. The van der Waals surface area contributed by atoms with Crippen molar-refractivity contribution in [2.75, 3.05) is 19.6 Å². The van der Waals surface area contributed by atoms with Crippen LogP contribution in [0.25, 0.3) is 6.08 Å². The molecule has 178 valence electrons. The van der Waals surface area contributed by atoms with E-state index in [9.17, 15) is 38.5 Å². The Bertz CT molecular complexity index is 1340. The number of non-ortho nitro benzene ring substituents is 1. The molecule has 4 rings (SSSR count). The Morgan fingerprint density at radius 2 is 1.74 bits per heavy atom. The Morgan fingerprint density at radius 3 is 2.46 bits per heavy atom. The van der Waals surface area contributed by atoms with Gasteiger partial charge in [-0.1, -0.05) is 18.2 Å². The highest BCUT2D eigenvalue weighted by Gasteiger charge is 2.38. The molecule has 0 atom stereocenters. The molecule has 0 aromatic heterocycles. The number of halogens is 1. The molecule has 2 aliphatic heterocycles. The number of nitro groups is 1. The Hall–Kier alpha value is -4.39. The lowest BCUT2D eigenvalue weighted by molar-refractivity contribution is -0.384. The standard InChI is InChI=1S/C22H15FN4O7S/c23-16-4-2-1-3-12(16)9-17-21(31)25(22(32)35-17)8-7-24-18(28)11-26-19(29)14-6-5-13(27(33)34)10-15(14)20(26)30/h1-6,9-10H,7-8,11H2,(H,24,28)/b17-9-. The molecular formula is C22H15FN4O7S. The average molecular weight is 498 g/mol. The van der Waals surface area contributed by atoms with Crippen molar-refractivity contribution in [2.45, 2.75) is 0 Å². The quantitative estimate of drug-likeness (QED) is 0.264. The van der Waals surface area contributed by atoms with Crippen molar-refractivity contribution in [1.82, 2.24) is 15.1 Å². The Morgan fingerprint density at radius 1 is 1.03 bits per heavy atom. The zero-order chi connectivity index (χ0) is 25.3. The molecule has 2 heterocycles. The molecule has 35 heavy (non-hydrogen) atoms. The summed E-state index contributed by atoms with van der Waals surface area (Å²) in [7, 11) is 0. The first kappa shape index (κ1) is 23.8. The second-order valence-electron chi connectivity index (χ2n) is 7.39. The number of nitrogens with one attached hydrogen (secondary N) is 1. The van der Waals surface area contributed by atoms with Crippen LogP contribution in [0.5, 0.6) is 0 Å². The summed E-state index contributed by atoms with van der Waals surface area (Å²) in [6.45, 7) is -0.979. The van der Waals surface area contributed by atoms with Crippen LogP contribution in [0.15, 0.2) is 47.4 Å². The topological polar surface area (TPSA) is 147 Å². The summed E-state index contributed by atoms with van der Waals surface area (Å²) in [5.41, 5.74) is -0.431. The van der Waals surface area contributed by atoms with Crippen molar-refractivity contribution >= 4 is 52.4 Å². The first-order chi connectivity index (χ1) is 16.7. The summed E-state index contributed by atoms with van der Waals surface area (Å²) >= 11 is 0.641. The van der Waals surface area contributed by atoms with Gasteiger partial charge >= 0.3 is 0 Å². The normalized spacial score (nSPS) is 16.3. The zero-order valence-electron chi connectivity index (χ0n) is 17.7. The van der Waals surface area contributed by atoms with Crippen LogP contribution < -0.4 is 5.32 Å². The lowest BCUT2D eigenvalue weighted by Gasteiger charge is -2.15. The van der Waals surface area contributed by atoms with E-state index in [4.69, 9.17) is 0 Å². The first-order valence-electron chi connectivity index (χ1n) is 10.1. The van der Waals surface area contributed by atoms with Crippen molar-refractivity contribution in [2.24, 2.45) is 0 Å². The molecule has 1 fully saturated rings. The molecular weight excluding hydrogens is 483 g/mol. The molecule has 13 heteroatoms. The first-order valence-corrected chi connectivity index (χ1v) is 10.9. The number of hydrogen-bond acceptors (Lipinski definition) is 8. The maximum atomic E-state index is 13.8. The molecule has 0 saturated carbocycles. The highest BCUT2D eigenvalue weighted by atomic mass is 32.2. The Balaban J connectivity index is 1.33. The fourth-order valence-electron chi connectivity index (χ4n) is 3.47. The lowest BCUT2D eigenvalue weighted by Crippen LogP contribution is -2.43. The molecule has 2 aromatic carbocycles. The number of hydrogen-bond donors (Lipinski definition) is 1. The van der Waals surface area contributed by atoms with E-state index in [0.29, 0.717) is 16.7 Å². The minimum Gasteiger partial charge on any atom is -0.353 e. The highest BCUT2D eigenvalue weighted by Crippen LogP contribution is 2.32. The van der Waals surface area contributed by atoms with Gasteiger partial charge in [-0.15, -0.1) is 0 Å². The van der Waals surface area contributed by atoms with E-state index in [1.54, 1.807) is 6.07 Å². The molecule has 1 saturated heterocycles. The summed E-state index contributed by atoms with van der Waals surface area (Å²) in [5, 5.41) is 12.7. The maximum absolute atomic E-state index is 13.8. The van der Waals surface area contributed by atoms with Crippen molar-refractivity contribution in [3.8, 4) is 0 Å². The van der Waals surface area contributed by atoms with Gasteiger partial charge in [-0.3, -0.25) is 43.9 Å². The summed E-state index contributed by atoms with van der Waals surface area (Å²) in [6.07, 6.45) is 1.27. The van der Waals surface area contributed by atoms with Gasteiger partial charge in [0.25, 0.3) is 28.6 Å². The molecule has 0 unspecified atom stereocenters. The van der Waals surface area contributed by atoms with Crippen LogP contribution in [0.3, 0.4) is 0 Å². The van der Waals surface area contributed by atoms with Crippen LogP contribution in [0.4, 0.5) is 14.9 Å². The van der Waals surface area contributed by atoms with Crippen LogP contribution in [0, 0.1) is 15.9 Å². The third-order valence-corrected chi connectivity index (χ3v) is 6.10. The lowest BCUT2D eigenvalue weighted by atomic mass is 10.1. The van der Waals surface area contributed by atoms with Crippen molar-refractivity contribution < 1.29 is 33.3 Å². The van der Waals surface area contributed by atoms with Gasteiger partial charge in [0.2, 0.25) is 5.91 Å². The summed E-state index contributed by atoms with van der Waals surface area (Å²) < 4.78 is 13.8. The van der Waals surface area contributed by atoms with Crippen LogP contribution in [-0.2, 0) is 9.59 Å². The summed E-state index contributed by atoms with van der Waals surface area (Å²) in [6, 6.07) is 8.98. The van der Waals surface area contributed by atoms with Crippen LogP contribution in [0.2, 0.25) is 0 Å². The van der Waals surface area contributed by atoms with E-state index in [1.807, 2.05) is 0 Å². The summed E-state index contributed by atoms with van der Waals surface area (Å²) in [4.78, 5) is 73.6. The van der Waals surface area contributed by atoms with Gasteiger partial charge in [-0.05, 0) is 30.0 Å². The fraction of sp³-hybridized carbons (Fsp3) is 0.136. The van der Waals surface area contributed by atoms with E-state index in [2.05, 4.69) is 5.32 Å². The van der Waals surface area contributed by atoms with Crippen molar-refractivity contribution in [1.29, 1.82) is 0 Å². The van der Waals surface area contributed by atoms with Crippen LogP contribution in [-0.4, -0.2) is 63.2 Å². The molecule has 0 spiro atoms. The predicted molar refractivity (Wildman–Crippen MR) is 121 cm³/mol. The van der Waals surface area contributed by atoms with E-state index < -0.39 is 46.2 Å². The number of imide groups is 2. The molecule has 5 amide bonds. The smallest absolute Gasteiger partial charge is 0.293 e. The fourth-order valence-corrected chi connectivity index (χ4v) is 4.32. The molecule has 11 nitrogen and oxygen atoms in total. The second-order valence-corrected chi connectivity index (χ2v) is 8.38. The molecule has 0 aliphatic carbocycles. The number of carbonyl (C=O) groups excluding carboxylic acids is 5. The minimum absolute atomic E-state index is 0.0338. The van der Waals surface area contributed by atoms with Gasteiger partial charge in [-0.2, -0.15) is 0 Å². The van der Waals surface area contributed by atoms with Gasteiger partial charge in [0.15, 0.2) is 0 Å². The van der Waals surface area contributed by atoms with Crippen LogP contribution >= 0.6 is 11.8 Å². The van der Waals surface area contributed by atoms with Crippen LogP contribution in [0.1, 0.15) is 26.3 Å². The molecule has 2 aliphatic rings. The monoisotopic (exact) mass is 498 g/mol. The largest absolute Gasteiger partial charge is 0.353 e. The van der Waals surface area contributed by atoms with Gasteiger partial charge in [-0.25, -0.2) is 4.39 Å². The van der Waals surface area contributed by atoms with Gasteiger partial charge < -0.3 is 5.32 Å². The number of nitro benzene ring substituents is 1. The van der Waals surface area contributed by atoms with Crippen molar-refractivity contribution in [3.05, 3.63) is 80.0 Å². The third-order valence-electron chi connectivity index (χ3n) is 5.19. The molecule has 0 radical (unpaired) electrons. The number of thioether (sulfide) groups is 1. The van der Waals surface area contributed by atoms with E-state index in [0.717, 1.165) is 23.1 Å². The second kappa shape index (κ2) is 9.46. The minimum atomic E-state index is -0.840. The van der Waals surface area contributed by atoms with E-state index >= 15 is 0 Å². The highest BCUT2D eigenvalue weighted by molar-refractivity contribution is 8.18. The molecule has 2 aromatic rings. The number of fused-ring (bicyclic) bond motifs is 1. The number of rotatable bonds is 7. The number of amides is 5. The maximum Gasteiger partial charge on any atom is 0.293 e. The number of nitrogens with zero attached hydrogens (tertiary/aromatic N) is 3. The zero-order valence-corrected chi connectivity index (χ0v) is 18.5. The molecule has 1 N–H and O–H groups in total. The molecule has 0 bridgehead atoms. The van der Waals surface area contributed by atoms with E-state index in [1.165, 1.54) is 24.3 Å². The van der Waals surface area contributed by atoms with Gasteiger partial charge in [0, 0.05) is 30.8 Å². The Kier molecular flexibility index (Phi) is 6.42. The van der Waals surface area contributed by atoms with E-state index in [-0.39, 0.29) is 40.4 Å². The number of carbonyl (C=O) groups is 5. The third kappa shape index (κ3) is 4.66. The predicted octanol–water partition coefficient (Wildman–Crippen LogP) is 2.18.